The van der Waals surface area contributed by atoms with E-state index in [4.69, 9.17) is 11.6 Å². The van der Waals surface area contributed by atoms with Gasteiger partial charge < -0.3 is 5.11 Å². The molecule has 0 bridgehead atoms. The van der Waals surface area contributed by atoms with E-state index < -0.39 is 0 Å². The van der Waals surface area contributed by atoms with Gasteiger partial charge in [-0.25, -0.2) is 0 Å². The van der Waals surface area contributed by atoms with E-state index in [0.29, 0.717) is 0 Å². The Morgan fingerprint density at radius 3 is 2.67 bits per heavy atom. The number of aliphatic hydroxyl groups excluding tert-OH is 1. The third-order valence-electron chi connectivity index (χ3n) is 3.64. The standard InChI is InChI=1S/C15H24BrClO/c1-10(2)7-13(18)8-11(3)12-5-6-15(4,16)14(17)9-12/h7,13-14,18H,5-6,8-9H2,1-4H3/b12-11+/t13-,14-,15-/m0/s1. The molecule has 1 aliphatic carbocycles. The summed E-state index contributed by atoms with van der Waals surface area (Å²) in [6.45, 7) is 8.31. The van der Waals surface area contributed by atoms with Crippen LogP contribution in [0.3, 0.4) is 0 Å². The minimum atomic E-state index is -0.367. The number of hydrogen-bond donors (Lipinski definition) is 1. The van der Waals surface area contributed by atoms with Crippen molar-refractivity contribution >= 4 is 27.5 Å². The predicted octanol–water partition coefficient (Wildman–Crippen LogP) is 4.97. The summed E-state index contributed by atoms with van der Waals surface area (Å²) in [6.07, 6.45) is 5.35. The van der Waals surface area contributed by atoms with Crippen molar-refractivity contribution in [3.63, 3.8) is 0 Å². The van der Waals surface area contributed by atoms with Crippen LogP contribution in [0.15, 0.2) is 22.8 Å². The maximum atomic E-state index is 9.94. The van der Waals surface area contributed by atoms with E-state index in [2.05, 4.69) is 29.8 Å². The van der Waals surface area contributed by atoms with Crippen molar-refractivity contribution in [2.24, 2.45) is 0 Å². The van der Waals surface area contributed by atoms with Gasteiger partial charge in [0, 0.05) is 4.32 Å². The second-order valence-electron chi connectivity index (χ2n) is 5.85. The summed E-state index contributed by atoms with van der Waals surface area (Å²) in [4.78, 5) is 0. The van der Waals surface area contributed by atoms with Gasteiger partial charge in [0.2, 0.25) is 0 Å². The van der Waals surface area contributed by atoms with Crippen LogP contribution >= 0.6 is 27.5 Å². The summed E-state index contributed by atoms with van der Waals surface area (Å²) in [6, 6.07) is 0. The molecule has 0 aliphatic heterocycles. The number of alkyl halides is 2. The van der Waals surface area contributed by atoms with E-state index in [1.165, 1.54) is 11.1 Å². The number of allylic oxidation sites excluding steroid dienone is 2. The van der Waals surface area contributed by atoms with Crippen LogP contribution in [0.5, 0.6) is 0 Å². The lowest BCUT2D eigenvalue weighted by molar-refractivity contribution is 0.222. The first-order valence-electron chi connectivity index (χ1n) is 6.56. The van der Waals surface area contributed by atoms with Crippen LogP contribution in [0.2, 0.25) is 0 Å². The van der Waals surface area contributed by atoms with Crippen LogP contribution in [-0.4, -0.2) is 20.9 Å². The van der Waals surface area contributed by atoms with E-state index in [1.54, 1.807) is 0 Å². The second kappa shape index (κ2) is 6.58. The maximum absolute atomic E-state index is 9.94. The first-order chi connectivity index (χ1) is 8.22. The molecule has 0 spiro atoms. The quantitative estimate of drug-likeness (QED) is 0.570. The van der Waals surface area contributed by atoms with Gasteiger partial charge >= 0.3 is 0 Å². The molecule has 0 saturated heterocycles. The minimum Gasteiger partial charge on any atom is -0.389 e. The smallest absolute Gasteiger partial charge is 0.0760 e. The Balaban J connectivity index is 2.68. The van der Waals surface area contributed by atoms with Crippen LogP contribution in [-0.2, 0) is 0 Å². The second-order valence-corrected chi connectivity index (χ2v) is 8.19. The highest BCUT2D eigenvalue weighted by molar-refractivity contribution is 9.10. The molecule has 3 heteroatoms. The van der Waals surface area contributed by atoms with E-state index >= 15 is 0 Å². The molecule has 18 heavy (non-hydrogen) atoms. The minimum absolute atomic E-state index is 0.0524. The predicted molar refractivity (Wildman–Crippen MR) is 83.6 cm³/mol. The largest absolute Gasteiger partial charge is 0.389 e. The van der Waals surface area contributed by atoms with E-state index in [0.717, 1.165) is 31.3 Å². The van der Waals surface area contributed by atoms with Crippen LogP contribution < -0.4 is 0 Å². The number of halogens is 2. The highest BCUT2D eigenvalue weighted by Crippen LogP contribution is 2.42. The van der Waals surface area contributed by atoms with Gasteiger partial charge in [-0.15, -0.1) is 11.6 Å². The molecule has 1 N–H and O–H groups in total. The maximum Gasteiger partial charge on any atom is 0.0760 e. The highest BCUT2D eigenvalue weighted by atomic mass is 79.9. The third kappa shape index (κ3) is 4.71. The molecular formula is C15H24BrClO. The normalized spacial score (nSPS) is 32.9. The Morgan fingerprint density at radius 2 is 2.17 bits per heavy atom. The lowest BCUT2D eigenvalue weighted by Gasteiger charge is -2.35. The van der Waals surface area contributed by atoms with Crippen molar-refractivity contribution in [1.29, 1.82) is 0 Å². The summed E-state index contributed by atoms with van der Waals surface area (Å²) < 4.78 is 0.0524. The van der Waals surface area contributed by atoms with Crippen LogP contribution in [0.4, 0.5) is 0 Å². The average molecular weight is 336 g/mol. The fourth-order valence-corrected chi connectivity index (χ4v) is 3.03. The first-order valence-corrected chi connectivity index (χ1v) is 7.79. The van der Waals surface area contributed by atoms with Gasteiger partial charge in [-0.05, 0) is 53.4 Å². The fraction of sp³-hybridized carbons (Fsp3) is 0.733. The zero-order valence-corrected chi connectivity index (χ0v) is 14.1. The lowest BCUT2D eigenvalue weighted by Crippen LogP contribution is -2.33. The van der Waals surface area contributed by atoms with Gasteiger partial charge in [-0.3, -0.25) is 0 Å². The zero-order valence-electron chi connectivity index (χ0n) is 11.8. The number of rotatable bonds is 3. The summed E-state index contributed by atoms with van der Waals surface area (Å²) in [5.41, 5.74) is 3.88. The molecule has 0 aromatic heterocycles. The van der Waals surface area contributed by atoms with Gasteiger partial charge in [0.05, 0.1) is 11.5 Å². The molecule has 104 valence electrons. The van der Waals surface area contributed by atoms with Crippen molar-refractivity contribution in [3.05, 3.63) is 22.8 Å². The summed E-state index contributed by atoms with van der Waals surface area (Å²) in [5.74, 6) is 0. The lowest BCUT2D eigenvalue weighted by atomic mass is 9.83. The van der Waals surface area contributed by atoms with Crippen molar-refractivity contribution in [2.75, 3.05) is 0 Å². The Bertz CT molecular complexity index is 354. The van der Waals surface area contributed by atoms with E-state index in [9.17, 15) is 5.11 Å². The molecule has 0 unspecified atom stereocenters. The number of aliphatic hydroxyl groups is 1. The first kappa shape index (κ1) is 16.3. The average Bonchev–Trinajstić information content (AvgIpc) is 2.20. The highest BCUT2D eigenvalue weighted by Gasteiger charge is 2.34. The summed E-state index contributed by atoms with van der Waals surface area (Å²) in [7, 11) is 0. The molecule has 0 aromatic carbocycles. The molecule has 1 aliphatic rings. The third-order valence-corrected chi connectivity index (χ3v) is 5.49. The number of hydrogen-bond acceptors (Lipinski definition) is 1. The van der Waals surface area contributed by atoms with Crippen LogP contribution in [0.25, 0.3) is 0 Å². The Hall–Kier alpha value is 0.210. The van der Waals surface area contributed by atoms with Crippen molar-refractivity contribution < 1.29 is 5.11 Å². The van der Waals surface area contributed by atoms with Gasteiger partial charge in [0.25, 0.3) is 0 Å². The van der Waals surface area contributed by atoms with Crippen LogP contribution in [0.1, 0.15) is 53.4 Å². The SMILES string of the molecule is CC(C)=C[C@H](O)C/C(C)=C1\CC[C@](C)(Br)[C@@H](Cl)C1. The molecule has 1 nitrogen and oxygen atoms in total. The topological polar surface area (TPSA) is 20.2 Å². The van der Waals surface area contributed by atoms with Crippen molar-refractivity contribution in [1.82, 2.24) is 0 Å². The monoisotopic (exact) mass is 334 g/mol. The van der Waals surface area contributed by atoms with Crippen molar-refractivity contribution in [2.45, 2.75) is 69.2 Å². The van der Waals surface area contributed by atoms with Gasteiger partial charge in [0.15, 0.2) is 0 Å². The molecular weight excluding hydrogens is 312 g/mol. The molecule has 1 rings (SSSR count). The van der Waals surface area contributed by atoms with E-state index in [1.807, 2.05) is 19.9 Å². The van der Waals surface area contributed by atoms with E-state index in [-0.39, 0.29) is 15.8 Å². The molecule has 0 radical (unpaired) electrons. The molecule has 0 aromatic rings. The Labute approximate surface area is 124 Å². The summed E-state index contributed by atoms with van der Waals surface area (Å²) in [5, 5.41) is 10.1. The van der Waals surface area contributed by atoms with Gasteiger partial charge in [-0.1, -0.05) is 38.7 Å². The Morgan fingerprint density at radius 1 is 1.56 bits per heavy atom. The Kier molecular flexibility index (Phi) is 5.95. The van der Waals surface area contributed by atoms with Gasteiger partial charge in [-0.2, -0.15) is 0 Å². The fourth-order valence-electron chi connectivity index (χ4n) is 2.37. The van der Waals surface area contributed by atoms with Crippen LogP contribution in [0, 0.1) is 0 Å². The van der Waals surface area contributed by atoms with Crippen molar-refractivity contribution in [3.8, 4) is 0 Å². The molecule has 1 saturated carbocycles. The molecule has 1 fully saturated rings. The molecule has 0 heterocycles. The molecule has 0 amide bonds. The molecule has 3 atom stereocenters. The summed E-state index contributed by atoms with van der Waals surface area (Å²) >= 11 is 10.1. The zero-order chi connectivity index (χ0) is 13.9. The van der Waals surface area contributed by atoms with Gasteiger partial charge in [0.1, 0.15) is 0 Å².